The Bertz CT molecular complexity index is 275. The highest BCUT2D eigenvalue weighted by Crippen LogP contribution is 2.30. The summed E-state index contributed by atoms with van der Waals surface area (Å²) in [6.45, 7) is 4.21. The van der Waals surface area contributed by atoms with Crippen LogP contribution in [0.1, 0.15) is 5.56 Å². The average Bonchev–Trinajstić information content (AvgIpc) is 2.03. The summed E-state index contributed by atoms with van der Waals surface area (Å²) < 4.78 is 10.1. The number of hydrogen-bond acceptors (Lipinski definition) is 2. The van der Waals surface area contributed by atoms with Gasteiger partial charge in [-0.15, -0.1) is 0 Å². The Morgan fingerprint density at radius 2 is 1.83 bits per heavy atom. The zero-order chi connectivity index (χ0) is 8.39. The van der Waals surface area contributed by atoms with Crippen molar-refractivity contribution in [3.05, 3.63) is 48.8 Å². The Hall–Kier alpha value is -1.12. The summed E-state index contributed by atoms with van der Waals surface area (Å²) in [5.41, 5.74) is 1.84. The van der Waals surface area contributed by atoms with Crippen LogP contribution >= 0.6 is 0 Å². The molecular weight excluding hydrogens is 152 g/mol. The van der Waals surface area contributed by atoms with Gasteiger partial charge in [-0.2, -0.15) is 0 Å². The zero-order valence-corrected chi connectivity index (χ0v) is 6.62. The average molecular weight is 161 g/mol. The second kappa shape index (κ2) is 3.09. The van der Waals surface area contributed by atoms with E-state index < -0.39 is 0 Å². The summed E-state index contributed by atoms with van der Waals surface area (Å²) in [5, 5.41) is 0. The van der Waals surface area contributed by atoms with Crippen LogP contribution in [-0.2, 0) is 9.47 Å². The largest absolute Gasteiger partial charge is 0.314 e. The van der Waals surface area contributed by atoms with Crippen LogP contribution in [0.15, 0.2) is 36.9 Å². The van der Waals surface area contributed by atoms with Crippen molar-refractivity contribution in [3.8, 4) is 0 Å². The van der Waals surface area contributed by atoms with E-state index in [1.165, 1.54) is 0 Å². The van der Waals surface area contributed by atoms with E-state index in [1.54, 1.807) is 0 Å². The normalized spacial score (nSPS) is 17.0. The van der Waals surface area contributed by atoms with E-state index >= 15 is 0 Å². The highest BCUT2D eigenvalue weighted by Gasteiger charge is 2.25. The van der Waals surface area contributed by atoms with Crippen LogP contribution in [0, 0.1) is 6.29 Å². The van der Waals surface area contributed by atoms with Gasteiger partial charge in [0.15, 0.2) is 6.79 Å². The van der Waals surface area contributed by atoms with Gasteiger partial charge < -0.3 is 9.47 Å². The molecule has 1 aliphatic heterocycles. The van der Waals surface area contributed by atoms with E-state index in [2.05, 4.69) is 6.58 Å². The summed E-state index contributed by atoms with van der Waals surface area (Å²) >= 11 is 0. The molecule has 1 aromatic carbocycles. The minimum atomic E-state index is 0.348. The number of hydrogen-bond donors (Lipinski definition) is 0. The molecule has 0 bridgehead atoms. The monoisotopic (exact) mass is 161 g/mol. The van der Waals surface area contributed by atoms with Crippen molar-refractivity contribution >= 4 is 5.57 Å². The Balaban J connectivity index is 2.14. The van der Waals surface area contributed by atoms with Crippen LogP contribution in [0.5, 0.6) is 0 Å². The molecule has 61 valence electrons. The van der Waals surface area contributed by atoms with Gasteiger partial charge in [-0.3, -0.25) is 0 Å². The molecule has 2 heteroatoms. The first kappa shape index (κ1) is 7.53. The number of benzene rings is 1. The molecule has 0 spiro atoms. The third-order valence-corrected chi connectivity index (χ3v) is 1.75. The summed E-state index contributed by atoms with van der Waals surface area (Å²) in [6.07, 6.45) is 0.543. The molecular formula is C10H9O2. The predicted octanol–water partition coefficient (Wildman–Crippen LogP) is 2.19. The smallest absolute Gasteiger partial charge is 0.260 e. The SMILES string of the molecule is C=C([C]1OCO1)c1ccccc1. The maximum Gasteiger partial charge on any atom is 0.260 e. The molecule has 0 aromatic heterocycles. The quantitative estimate of drug-likeness (QED) is 0.662. The Kier molecular flexibility index (Phi) is 1.94. The standard InChI is InChI=1S/C10H9O2/c1-8(10-11-7-12-10)9-5-3-2-4-6-9/h2-6H,1,7H2. The molecule has 2 rings (SSSR count). The molecule has 0 amide bonds. The zero-order valence-electron chi connectivity index (χ0n) is 6.62. The lowest BCUT2D eigenvalue weighted by molar-refractivity contribution is -0.211. The Morgan fingerprint density at radius 1 is 1.17 bits per heavy atom. The summed E-state index contributed by atoms with van der Waals surface area (Å²) in [5.74, 6) is 0. The van der Waals surface area contributed by atoms with Gasteiger partial charge in [-0.05, 0) is 5.56 Å². The van der Waals surface area contributed by atoms with Gasteiger partial charge in [0.1, 0.15) is 0 Å². The number of ether oxygens (including phenoxy) is 2. The van der Waals surface area contributed by atoms with Gasteiger partial charge in [0, 0.05) is 5.57 Å². The van der Waals surface area contributed by atoms with Crippen LogP contribution in [0.25, 0.3) is 5.57 Å². The van der Waals surface area contributed by atoms with E-state index in [0.29, 0.717) is 13.1 Å². The molecule has 0 unspecified atom stereocenters. The van der Waals surface area contributed by atoms with Crippen molar-refractivity contribution in [1.82, 2.24) is 0 Å². The molecule has 0 saturated carbocycles. The van der Waals surface area contributed by atoms with Gasteiger partial charge in [0.2, 0.25) is 0 Å². The second-order valence-corrected chi connectivity index (χ2v) is 2.54. The molecule has 0 N–H and O–H groups in total. The molecule has 1 saturated heterocycles. The molecule has 1 radical (unpaired) electrons. The Morgan fingerprint density at radius 3 is 2.33 bits per heavy atom. The molecule has 1 aliphatic rings. The fourth-order valence-corrected chi connectivity index (χ4v) is 1.05. The van der Waals surface area contributed by atoms with Crippen LogP contribution in [-0.4, -0.2) is 6.79 Å². The molecule has 0 atom stereocenters. The molecule has 1 aromatic rings. The van der Waals surface area contributed by atoms with Crippen molar-refractivity contribution in [3.63, 3.8) is 0 Å². The summed E-state index contributed by atoms with van der Waals surface area (Å²) in [4.78, 5) is 0. The maximum atomic E-state index is 5.04. The van der Waals surface area contributed by atoms with Gasteiger partial charge in [-0.25, -0.2) is 0 Å². The van der Waals surface area contributed by atoms with Crippen LogP contribution in [0.4, 0.5) is 0 Å². The third kappa shape index (κ3) is 1.26. The van der Waals surface area contributed by atoms with E-state index in [4.69, 9.17) is 9.47 Å². The van der Waals surface area contributed by atoms with E-state index in [9.17, 15) is 0 Å². The van der Waals surface area contributed by atoms with Crippen LogP contribution in [0.2, 0.25) is 0 Å². The van der Waals surface area contributed by atoms with Crippen molar-refractivity contribution in [1.29, 1.82) is 0 Å². The van der Waals surface area contributed by atoms with E-state index in [0.717, 1.165) is 11.1 Å². The van der Waals surface area contributed by atoms with Crippen molar-refractivity contribution < 1.29 is 9.47 Å². The minimum absolute atomic E-state index is 0.348. The van der Waals surface area contributed by atoms with Gasteiger partial charge in [0.25, 0.3) is 6.29 Å². The predicted molar refractivity (Wildman–Crippen MR) is 45.8 cm³/mol. The van der Waals surface area contributed by atoms with Crippen molar-refractivity contribution in [2.45, 2.75) is 0 Å². The molecule has 2 nitrogen and oxygen atoms in total. The first-order valence-electron chi connectivity index (χ1n) is 3.75. The molecule has 1 heterocycles. The first-order valence-corrected chi connectivity index (χ1v) is 3.75. The highest BCUT2D eigenvalue weighted by atomic mass is 16.8. The molecule has 1 fully saturated rings. The minimum Gasteiger partial charge on any atom is -0.314 e. The topological polar surface area (TPSA) is 18.5 Å². The second-order valence-electron chi connectivity index (χ2n) is 2.54. The van der Waals surface area contributed by atoms with Gasteiger partial charge in [0.05, 0.1) is 0 Å². The maximum absolute atomic E-state index is 5.04. The van der Waals surface area contributed by atoms with E-state index in [1.807, 2.05) is 30.3 Å². The molecule has 0 aliphatic carbocycles. The van der Waals surface area contributed by atoms with Gasteiger partial charge >= 0.3 is 0 Å². The highest BCUT2D eigenvalue weighted by molar-refractivity contribution is 5.71. The van der Waals surface area contributed by atoms with Crippen molar-refractivity contribution in [2.24, 2.45) is 0 Å². The van der Waals surface area contributed by atoms with Crippen molar-refractivity contribution in [2.75, 3.05) is 6.79 Å². The summed E-state index contributed by atoms with van der Waals surface area (Å²) in [6, 6.07) is 9.82. The third-order valence-electron chi connectivity index (χ3n) is 1.75. The lowest BCUT2D eigenvalue weighted by Crippen LogP contribution is -2.22. The first-order chi connectivity index (χ1) is 5.88. The Labute approximate surface area is 71.4 Å². The molecule has 12 heavy (non-hydrogen) atoms. The number of rotatable bonds is 2. The summed E-state index contributed by atoms with van der Waals surface area (Å²) in [7, 11) is 0. The van der Waals surface area contributed by atoms with Crippen LogP contribution in [0.3, 0.4) is 0 Å². The lowest BCUT2D eigenvalue weighted by atomic mass is 10.1. The van der Waals surface area contributed by atoms with Gasteiger partial charge in [-0.1, -0.05) is 36.9 Å². The fraction of sp³-hybridized carbons (Fsp3) is 0.100. The fourth-order valence-electron chi connectivity index (χ4n) is 1.05. The van der Waals surface area contributed by atoms with E-state index in [-0.39, 0.29) is 0 Å². The van der Waals surface area contributed by atoms with Crippen LogP contribution < -0.4 is 0 Å². The lowest BCUT2D eigenvalue weighted by Gasteiger charge is -2.26.